The first-order valence-electron chi connectivity index (χ1n) is 8.52. The Kier molecular flexibility index (Phi) is 4.89. The second-order valence-electron chi connectivity index (χ2n) is 6.83. The zero-order chi connectivity index (χ0) is 18.0. The summed E-state index contributed by atoms with van der Waals surface area (Å²) in [6, 6.07) is 0.0887. The quantitative estimate of drug-likeness (QED) is 0.421. The van der Waals surface area contributed by atoms with Crippen molar-refractivity contribution in [3.05, 3.63) is 11.9 Å². The van der Waals surface area contributed by atoms with Crippen LogP contribution in [0.1, 0.15) is 50.3 Å². The van der Waals surface area contributed by atoms with Crippen LogP contribution in [0.5, 0.6) is 0 Å². The molecular formula is C15H23FN6O3. The zero-order valence-corrected chi connectivity index (χ0v) is 13.9. The third kappa shape index (κ3) is 3.58. The number of nitrogens with two attached hydrogens (primary N) is 1. The van der Waals surface area contributed by atoms with Gasteiger partial charge < -0.3 is 10.0 Å². The molecule has 0 unspecified atom stereocenters. The molecule has 2 fully saturated rings. The molecule has 0 radical (unpaired) electrons. The van der Waals surface area contributed by atoms with E-state index in [1.165, 1.54) is 4.90 Å². The van der Waals surface area contributed by atoms with E-state index in [1.54, 1.807) is 10.9 Å². The minimum atomic E-state index is -1.64. The lowest BCUT2D eigenvalue weighted by Gasteiger charge is -2.33. The van der Waals surface area contributed by atoms with Crippen molar-refractivity contribution in [2.75, 3.05) is 13.1 Å². The van der Waals surface area contributed by atoms with Crippen LogP contribution >= 0.6 is 0 Å². The maximum absolute atomic E-state index is 15.1. The Morgan fingerprint density at radius 1 is 1.28 bits per heavy atom. The van der Waals surface area contributed by atoms with Crippen LogP contribution in [0.4, 0.5) is 9.18 Å². The van der Waals surface area contributed by atoms with Crippen LogP contribution in [-0.2, 0) is 10.5 Å². The average molecular weight is 354 g/mol. The number of rotatable bonds is 3. The predicted octanol–water partition coefficient (Wildman–Crippen LogP) is 0.938. The summed E-state index contributed by atoms with van der Waals surface area (Å²) in [4.78, 5) is 23.7. The normalized spacial score (nSPS) is 26.2. The molecular weight excluding hydrogens is 331 g/mol. The molecule has 0 atom stereocenters. The highest BCUT2D eigenvalue weighted by Crippen LogP contribution is 2.37. The first kappa shape index (κ1) is 17.6. The molecule has 9 nitrogen and oxygen atoms in total. The third-order valence-corrected chi connectivity index (χ3v) is 5.38. The van der Waals surface area contributed by atoms with E-state index < -0.39 is 11.8 Å². The molecule has 1 saturated heterocycles. The molecule has 2 heterocycles. The van der Waals surface area contributed by atoms with E-state index in [1.807, 2.05) is 0 Å². The summed E-state index contributed by atoms with van der Waals surface area (Å²) in [6.07, 6.45) is 3.70. The summed E-state index contributed by atoms with van der Waals surface area (Å²) in [7, 11) is 0. The van der Waals surface area contributed by atoms with Gasteiger partial charge in [-0.2, -0.15) is 0 Å². The summed E-state index contributed by atoms with van der Waals surface area (Å²) >= 11 is 0. The lowest BCUT2D eigenvalue weighted by Crippen LogP contribution is -2.42. The number of piperidine rings is 1. The first-order valence-corrected chi connectivity index (χ1v) is 8.52. The van der Waals surface area contributed by atoms with Gasteiger partial charge >= 0.3 is 6.09 Å². The number of alkyl halides is 1. The number of carbonyl (C=O) groups is 2. The van der Waals surface area contributed by atoms with Gasteiger partial charge in [0.15, 0.2) is 5.67 Å². The third-order valence-electron chi connectivity index (χ3n) is 5.38. The second kappa shape index (κ2) is 6.95. The fraction of sp³-hybridized carbons (Fsp3) is 0.733. The van der Waals surface area contributed by atoms with Crippen LogP contribution in [0, 0.1) is 5.92 Å². The predicted molar refractivity (Wildman–Crippen MR) is 85.0 cm³/mol. The molecule has 1 aliphatic heterocycles. The van der Waals surface area contributed by atoms with Gasteiger partial charge in [-0.15, -0.1) is 5.10 Å². The number of carbonyl (C=O) groups excluding carboxylic acids is 1. The molecule has 1 aromatic rings. The van der Waals surface area contributed by atoms with Gasteiger partial charge in [-0.1, -0.05) is 5.21 Å². The van der Waals surface area contributed by atoms with Crippen LogP contribution < -0.4 is 11.3 Å². The summed E-state index contributed by atoms with van der Waals surface area (Å²) in [6.45, 7) is 0.302. The van der Waals surface area contributed by atoms with E-state index in [-0.39, 0.29) is 49.5 Å². The maximum atomic E-state index is 15.1. The van der Waals surface area contributed by atoms with Gasteiger partial charge in [0.1, 0.15) is 5.69 Å². The molecule has 10 heteroatoms. The van der Waals surface area contributed by atoms with Crippen molar-refractivity contribution in [3.8, 4) is 0 Å². The minimum absolute atomic E-state index is 0.0847. The molecule has 3 rings (SSSR count). The van der Waals surface area contributed by atoms with Gasteiger partial charge in [-0.05, 0) is 25.7 Å². The van der Waals surface area contributed by atoms with Crippen molar-refractivity contribution >= 4 is 12.0 Å². The van der Waals surface area contributed by atoms with Crippen LogP contribution in [0.3, 0.4) is 0 Å². The molecule has 1 aliphatic carbocycles. The van der Waals surface area contributed by atoms with Crippen LogP contribution in [-0.4, -0.2) is 50.1 Å². The van der Waals surface area contributed by atoms with E-state index >= 15 is 4.39 Å². The van der Waals surface area contributed by atoms with Gasteiger partial charge in [-0.25, -0.2) is 19.7 Å². The Balaban J connectivity index is 1.61. The number of amides is 2. The molecule has 2 amide bonds. The number of nitrogens with one attached hydrogen (secondary N) is 1. The minimum Gasteiger partial charge on any atom is -0.465 e. The van der Waals surface area contributed by atoms with E-state index in [2.05, 4.69) is 15.7 Å². The standard InChI is InChI=1S/C15H23FN6O3/c16-15(5-7-21(8-6-15)14(24)25)12-9-22(20-19-12)11-3-1-10(2-4-11)13(23)18-17/h9-11H,1-8,17H2,(H,18,23)(H,24,25). The molecule has 1 aromatic heterocycles. The smallest absolute Gasteiger partial charge is 0.407 e. The maximum Gasteiger partial charge on any atom is 0.407 e. The second-order valence-corrected chi connectivity index (χ2v) is 6.83. The van der Waals surface area contributed by atoms with Gasteiger partial charge in [0, 0.05) is 31.8 Å². The lowest BCUT2D eigenvalue weighted by molar-refractivity contribution is -0.126. The molecule has 0 aromatic carbocycles. The van der Waals surface area contributed by atoms with E-state index in [0.29, 0.717) is 12.8 Å². The van der Waals surface area contributed by atoms with Gasteiger partial charge in [0.25, 0.3) is 0 Å². The summed E-state index contributed by atoms with van der Waals surface area (Å²) in [5.41, 5.74) is 0.809. The molecule has 25 heavy (non-hydrogen) atoms. The Morgan fingerprint density at radius 3 is 2.48 bits per heavy atom. The fourth-order valence-electron chi connectivity index (χ4n) is 3.69. The molecule has 0 bridgehead atoms. The van der Waals surface area contributed by atoms with Crippen LogP contribution in [0.2, 0.25) is 0 Å². The summed E-state index contributed by atoms with van der Waals surface area (Å²) < 4.78 is 16.8. The highest BCUT2D eigenvalue weighted by Gasteiger charge is 2.40. The molecule has 2 aliphatic rings. The van der Waals surface area contributed by atoms with Crippen molar-refractivity contribution in [3.63, 3.8) is 0 Å². The van der Waals surface area contributed by atoms with E-state index in [9.17, 15) is 9.59 Å². The fourth-order valence-corrected chi connectivity index (χ4v) is 3.69. The lowest BCUT2D eigenvalue weighted by atomic mass is 9.85. The van der Waals surface area contributed by atoms with Gasteiger partial charge in [0.2, 0.25) is 5.91 Å². The average Bonchev–Trinajstić information content (AvgIpc) is 3.12. The van der Waals surface area contributed by atoms with E-state index in [4.69, 9.17) is 10.9 Å². The molecule has 0 spiro atoms. The number of aromatic nitrogens is 3. The van der Waals surface area contributed by atoms with Crippen molar-refractivity contribution in [2.24, 2.45) is 11.8 Å². The Labute approximate surface area is 144 Å². The highest BCUT2D eigenvalue weighted by molar-refractivity contribution is 5.78. The van der Waals surface area contributed by atoms with Gasteiger partial charge in [-0.3, -0.25) is 10.2 Å². The van der Waals surface area contributed by atoms with Crippen molar-refractivity contribution < 1.29 is 19.1 Å². The molecule has 4 N–H and O–H groups in total. The number of hydrogen-bond acceptors (Lipinski definition) is 5. The van der Waals surface area contributed by atoms with Crippen LogP contribution in [0.15, 0.2) is 6.20 Å². The topological polar surface area (TPSA) is 126 Å². The Bertz CT molecular complexity index is 635. The first-order chi connectivity index (χ1) is 11.9. The number of halogens is 1. The van der Waals surface area contributed by atoms with Crippen LogP contribution in [0.25, 0.3) is 0 Å². The highest BCUT2D eigenvalue weighted by atomic mass is 19.1. The Hall–Kier alpha value is -2.23. The van der Waals surface area contributed by atoms with Gasteiger partial charge in [0.05, 0.1) is 12.2 Å². The number of nitrogens with zero attached hydrogens (tertiary/aromatic N) is 4. The Morgan fingerprint density at radius 2 is 1.92 bits per heavy atom. The van der Waals surface area contributed by atoms with Crippen molar-refractivity contribution in [1.29, 1.82) is 0 Å². The summed E-state index contributed by atoms with van der Waals surface area (Å²) in [5, 5.41) is 17.0. The number of likely N-dealkylation sites (tertiary alicyclic amines) is 1. The largest absolute Gasteiger partial charge is 0.465 e. The molecule has 1 saturated carbocycles. The van der Waals surface area contributed by atoms with Crippen molar-refractivity contribution in [1.82, 2.24) is 25.3 Å². The monoisotopic (exact) mass is 354 g/mol. The van der Waals surface area contributed by atoms with E-state index in [0.717, 1.165) is 12.8 Å². The number of hydrazine groups is 1. The zero-order valence-electron chi connectivity index (χ0n) is 13.9. The number of carboxylic acid groups (broad SMARTS) is 1. The molecule has 138 valence electrons. The summed E-state index contributed by atoms with van der Waals surface area (Å²) in [5.74, 6) is 4.94. The number of hydrogen-bond donors (Lipinski definition) is 3. The van der Waals surface area contributed by atoms with Crippen molar-refractivity contribution in [2.45, 2.75) is 50.2 Å². The SMILES string of the molecule is NNC(=O)C1CCC(n2cc(C3(F)CCN(C(=O)O)CC3)nn2)CC1.